The summed E-state index contributed by atoms with van der Waals surface area (Å²) < 4.78 is 27.5. The first kappa shape index (κ1) is 11.7. The van der Waals surface area contributed by atoms with Gasteiger partial charge in [0.25, 0.3) is 0 Å². The molecule has 5 heteroatoms. The number of anilines is 1. The predicted octanol–water partition coefficient (Wildman–Crippen LogP) is 1.98. The molecule has 0 amide bonds. The van der Waals surface area contributed by atoms with Gasteiger partial charge < -0.3 is 10.6 Å². The minimum absolute atomic E-state index is 0.0949. The first-order valence-electron chi connectivity index (χ1n) is 5.23. The van der Waals surface area contributed by atoms with E-state index in [1.54, 1.807) is 16.7 Å². The van der Waals surface area contributed by atoms with Crippen LogP contribution in [0.4, 0.5) is 14.5 Å². The fraction of sp³-hybridized carbons (Fsp3) is 0.455. The molecule has 88 valence electrons. The molecule has 1 aromatic carbocycles. The normalized spacial score (nSPS) is 16.6. The number of hydrogen-bond donors (Lipinski definition) is 1. The highest BCUT2D eigenvalue weighted by Crippen LogP contribution is 2.27. The summed E-state index contributed by atoms with van der Waals surface area (Å²) in [5.41, 5.74) is 5.95. The summed E-state index contributed by atoms with van der Waals surface area (Å²) in [6.45, 7) is 1.55. The largest absolute Gasteiger partial charge is 0.365 e. The zero-order chi connectivity index (χ0) is 11.5. The van der Waals surface area contributed by atoms with Gasteiger partial charge in [0, 0.05) is 31.1 Å². The lowest BCUT2D eigenvalue weighted by molar-refractivity contribution is 0.570. The Morgan fingerprint density at radius 2 is 1.75 bits per heavy atom. The van der Waals surface area contributed by atoms with E-state index in [-0.39, 0.29) is 12.2 Å². The Bertz CT molecular complexity index is 355. The second-order valence-electron chi connectivity index (χ2n) is 3.71. The van der Waals surface area contributed by atoms with Gasteiger partial charge in [0.1, 0.15) is 17.3 Å². The first-order chi connectivity index (χ1) is 7.72. The van der Waals surface area contributed by atoms with E-state index in [0.717, 1.165) is 11.5 Å². The van der Waals surface area contributed by atoms with Crippen molar-refractivity contribution >= 4 is 17.4 Å². The van der Waals surface area contributed by atoms with Crippen molar-refractivity contribution in [2.45, 2.75) is 6.54 Å². The molecule has 1 heterocycles. The lowest BCUT2D eigenvalue weighted by atomic mass is 10.1. The molecule has 0 aliphatic carbocycles. The molecule has 2 N–H and O–H groups in total. The van der Waals surface area contributed by atoms with E-state index in [4.69, 9.17) is 5.73 Å². The van der Waals surface area contributed by atoms with Crippen LogP contribution in [0.5, 0.6) is 0 Å². The highest BCUT2D eigenvalue weighted by Gasteiger charge is 2.19. The van der Waals surface area contributed by atoms with Crippen LogP contribution in [0.3, 0.4) is 0 Å². The van der Waals surface area contributed by atoms with Gasteiger partial charge in [0.05, 0.1) is 0 Å². The molecular formula is C11H14F2N2S. The van der Waals surface area contributed by atoms with Crippen LogP contribution in [0.15, 0.2) is 12.1 Å². The van der Waals surface area contributed by atoms with Gasteiger partial charge >= 0.3 is 0 Å². The van der Waals surface area contributed by atoms with Crippen LogP contribution in [0, 0.1) is 11.6 Å². The highest BCUT2D eigenvalue weighted by atomic mass is 32.2. The Hall–Kier alpha value is -0.810. The molecular weight excluding hydrogens is 230 g/mol. The molecule has 0 aromatic heterocycles. The van der Waals surface area contributed by atoms with Crippen LogP contribution in [0.1, 0.15) is 5.56 Å². The summed E-state index contributed by atoms with van der Waals surface area (Å²) >= 11 is 1.81. The number of rotatable bonds is 2. The number of nitrogens with two attached hydrogens (primary N) is 1. The molecule has 0 radical (unpaired) electrons. The van der Waals surface area contributed by atoms with Gasteiger partial charge in [-0.15, -0.1) is 0 Å². The maximum absolute atomic E-state index is 13.7. The highest BCUT2D eigenvalue weighted by molar-refractivity contribution is 7.99. The van der Waals surface area contributed by atoms with Crippen LogP contribution in [0.25, 0.3) is 0 Å². The van der Waals surface area contributed by atoms with E-state index < -0.39 is 11.6 Å². The summed E-state index contributed by atoms with van der Waals surface area (Å²) in [4.78, 5) is 1.77. The minimum atomic E-state index is -0.507. The predicted molar refractivity (Wildman–Crippen MR) is 63.8 cm³/mol. The lowest BCUT2D eigenvalue weighted by Gasteiger charge is -2.29. The molecule has 0 unspecified atom stereocenters. The third-order valence-corrected chi connectivity index (χ3v) is 3.58. The minimum Gasteiger partial charge on any atom is -0.365 e. The summed E-state index contributed by atoms with van der Waals surface area (Å²) in [6.07, 6.45) is 0. The molecule has 0 atom stereocenters. The monoisotopic (exact) mass is 244 g/mol. The molecule has 1 aliphatic heterocycles. The van der Waals surface area contributed by atoms with Crippen LogP contribution in [-0.2, 0) is 6.54 Å². The standard InChI is InChI=1S/C11H14F2N2S/c12-9-5-8(7-14)6-10(13)11(9)15-1-3-16-4-2-15/h5-6H,1-4,7,14H2. The third-order valence-electron chi connectivity index (χ3n) is 2.64. The number of nitrogens with zero attached hydrogens (tertiary/aromatic N) is 1. The van der Waals surface area contributed by atoms with Gasteiger partial charge in [-0.2, -0.15) is 11.8 Å². The number of benzene rings is 1. The van der Waals surface area contributed by atoms with Crippen molar-refractivity contribution in [3.63, 3.8) is 0 Å². The van der Waals surface area contributed by atoms with E-state index in [2.05, 4.69) is 0 Å². The van der Waals surface area contributed by atoms with Crippen molar-refractivity contribution in [3.05, 3.63) is 29.3 Å². The molecule has 1 aliphatic rings. The maximum Gasteiger partial charge on any atom is 0.149 e. The van der Waals surface area contributed by atoms with Gasteiger partial charge in [0.2, 0.25) is 0 Å². The van der Waals surface area contributed by atoms with Crippen LogP contribution >= 0.6 is 11.8 Å². The lowest BCUT2D eigenvalue weighted by Crippen LogP contribution is -2.33. The first-order valence-corrected chi connectivity index (χ1v) is 6.38. The number of thioether (sulfide) groups is 1. The molecule has 2 nitrogen and oxygen atoms in total. The van der Waals surface area contributed by atoms with Crippen molar-refractivity contribution in [2.24, 2.45) is 5.73 Å². The summed E-state index contributed by atoms with van der Waals surface area (Å²) in [5.74, 6) is 0.814. The van der Waals surface area contributed by atoms with Crippen molar-refractivity contribution in [2.75, 3.05) is 29.5 Å². The van der Waals surface area contributed by atoms with Crippen molar-refractivity contribution in [3.8, 4) is 0 Å². The van der Waals surface area contributed by atoms with Crippen LogP contribution < -0.4 is 10.6 Å². The fourth-order valence-corrected chi connectivity index (χ4v) is 2.73. The molecule has 0 bridgehead atoms. The Labute approximate surface area is 97.8 Å². The second-order valence-corrected chi connectivity index (χ2v) is 4.94. The third kappa shape index (κ3) is 2.30. The quantitative estimate of drug-likeness (QED) is 0.862. The zero-order valence-corrected chi connectivity index (χ0v) is 9.70. The van der Waals surface area contributed by atoms with Crippen molar-refractivity contribution < 1.29 is 8.78 Å². The van der Waals surface area contributed by atoms with E-state index in [1.807, 2.05) is 0 Å². The Morgan fingerprint density at radius 3 is 2.25 bits per heavy atom. The zero-order valence-electron chi connectivity index (χ0n) is 8.88. The van der Waals surface area contributed by atoms with Gasteiger partial charge in [-0.05, 0) is 17.7 Å². The molecule has 0 spiro atoms. The summed E-state index contributed by atoms with van der Waals surface area (Å²) in [5, 5.41) is 0. The van der Waals surface area contributed by atoms with E-state index >= 15 is 0 Å². The Morgan fingerprint density at radius 1 is 1.19 bits per heavy atom. The number of hydrogen-bond acceptors (Lipinski definition) is 3. The Balaban J connectivity index is 2.32. The average Bonchev–Trinajstić information content (AvgIpc) is 2.29. The SMILES string of the molecule is NCc1cc(F)c(N2CCSCC2)c(F)c1. The average molecular weight is 244 g/mol. The van der Waals surface area contributed by atoms with Gasteiger partial charge in [-0.1, -0.05) is 0 Å². The van der Waals surface area contributed by atoms with E-state index in [0.29, 0.717) is 18.7 Å². The van der Waals surface area contributed by atoms with Crippen molar-refractivity contribution in [1.82, 2.24) is 0 Å². The van der Waals surface area contributed by atoms with Crippen LogP contribution in [-0.4, -0.2) is 24.6 Å². The molecule has 1 aromatic rings. The molecule has 2 rings (SSSR count). The molecule has 0 saturated carbocycles. The maximum atomic E-state index is 13.7. The van der Waals surface area contributed by atoms with Crippen molar-refractivity contribution in [1.29, 1.82) is 0 Å². The van der Waals surface area contributed by atoms with Gasteiger partial charge in [-0.25, -0.2) is 8.78 Å². The topological polar surface area (TPSA) is 29.3 Å². The Kier molecular flexibility index (Phi) is 3.66. The summed E-state index contributed by atoms with van der Waals surface area (Å²) in [6, 6.07) is 2.64. The van der Waals surface area contributed by atoms with Gasteiger partial charge in [-0.3, -0.25) is 0 Å². The summed E-state index contributed by atoms with van der Waals surface area (Å²) in [7, 11) is 0. The van der Waals surface area contributed by atoms with E-state index in [1.165, 1.54) is 12.1 Å². The number of halogens is 2. The molecule has 1 saturated heterocycles. The fourth-order valence-electron chi connectivity index (χ4n) is 1.82. The molecule has 1 fully saturated rings. The van der Waals surface area contributed by atoms with Crippen LogP contribution in [0.2, 0.25) is 0 Å². The molecule has 16 heavy (non-hydrogen) atoms. The van der Waals surface area contributed by atoms with E-state index in [9.17, 15) is 8.78 Å². The second kappa shape index (κ2) is 5.01. The van der Waals surface area contributed by atoms with Gasteiger partial charge in [0.15, 0.2) is 0 Å². The smallest absolute Gasteiger partial charge is 0.149 e.